The van der Waals surface area contributed by atoms with Crippen LogP contribution in [0, 0.1) is 5.92 Å². The fraction of sp³-hybridized carbons (Fsp3) is 0.625. The number of amides is 1. The molecule has 0 unspecified atom stereocenters. The lowest BCUT2D eigenvalue weighted by Crippen LogP contribution is -2.43. The number of aryl methyl sites for hydroxylation is 1. The number of carboxylic acid groups (broad SMARTS) is 1. The van der Waals surface area contributed by atoms with Crippen LogP contribution in [0.4, 0.5) is 0 Å². The lowest BCUT2D eigenvalue weighted by molar-refractivity contribution is -0.142. The first-order valence-corrected chi connectivity index (χ1v) is 9.71. The van der Waals surface area contributed by atoms with Gasteiger partial charge in [0.25, 0.3) is 5.91 Å². The molecule has 1 aromatic rings. The second-order valence-electron chi connectivity index (χ2n) is 6.62. The molecule has 2 rings (SSSR count). The Hall–Kier alpha value is -1.87. The van der Waals surface area contributed by atoms with Crippen LogP contribution in [0.5, 0.6) is 0 Å². The molecule has 0 bridgehead atoms. The Morgan fingerprint density at radius 2 is 1.88 bits per heavy atom. The highest BCUT2D eigenvalue weighted by Crippen LogP contribution is 2.24. The molecule has 2 atom stereocenters. The summed E-state index contributed by atoms with van der Waals surface area (Å²) in [5, 5.41) is 12.2. The van der Waals surface area contributed by atoms with Crippen molar-refractivity contribution in [2.45, 2.75) is 43.0 Å². The maximum absolute atomic E-state index is 12.6. The number of hydrogen-bond donors (Lipinski definition) is 2. The van der Waals surface area contributed by atoms with E-state index in [1.54, 1.807) is 7.05 Å². The summed E-state index contributed by atoms with van der Waals surface area (Å²) in [6.07, 6.45) is 5.17. The molecule has 1 saturated carbocycles. The third kappa shape index (κ3) is 4.21. The van der Waals surface area contributed by atoms with Crippen LogP contribution in [0.2, 0.25) is 0 Å². The summed E-state index contributed by atoms with van der Waals surface area (Å²) >= 11 is 0. The fourth-order valence-corrected chi connectivity index (χ4v) is 4.10. The molecule has 1 aliphatic carbocycles. The molecule has 0 aliphatic heterocycles. The molecule has 8 nitrogen and oxygen atoms in total. The van der Waals surface area contributed by atoms with Crippen molar-refractivity contribution in [3.63, 3.8) is 0 Å². The molecule has 1 fully saturated rings. The summed E-state index contributed by atoms with van der Waals surface area (Å²) in [6.45, 7) is 0. The van der Waals surface area contributed by atoms with Gasteiger partial charge in [0, 0.05) is 33.4 Å². The average Bonchev–Trinajstić information content (AvgIpc) is 2.76. The molecular formula is C16H25N3O5S. The topological polar surface area (TPSA) is 109 Å². The predicted octanol–water partition coefficient (Wildman–Crippen LogP) is 1.04. The Balaban J connectivity index is 2.23. The van der Waals surface area contributed by atoms with E-state index in [1.165, 1.54) is 30.9 Å². The Kier molecular flexibility index (Phi) is 5.89. The van der Waals surface area contributed by atoms with Crippen LogP contribution in [0.3, 0.4) is 0 Å². The van der Waals surface area contributed by atoms with Gasteiger partial charge in [0.05, 0.1) is 5.92 Å². The van der Waals surface area contributed by atoms with Crippen molar-refractivity contribution in [2.24, 2.45) is 13.0 Å². The van der Waals surface area contributed by atoms with E-state index in [-0.39, 0.29) is 10.6 Å². The summed E-state index contributed by atoms with van der Waals surface area (Å²) in [4.78, 5) is 24.1. The normalized spacial score (nSPS) is 21.8. The number of aliphatic carboxylic acids is 1. The summed E-state index contributed by atoms with van der Waals surface area (Å²) < 4.78 is 26.9. The highest BCUT2D eigenvalue weighted by atomic mass is 32.2. The Bertz CT molecular complexity index is 754. The maximum Gasteiger partial charge on any atom is 0.308 e. The lowest BCUT2D eigenvalue weighted by Gasteiger charge is -2.22. The Labute approximate surface area is 147 Å². The molecule has 2 N–H and O–H groups in total. The Morgan fingerprint density at radius 1 is 1.24 bits per heavy atom. The number of carbonyl (C=O) groups is 2. The summed E-state index contributed by atoms with van der Waals surface area (Å²) in [5.74, 6) is -1.98. The first kappa shape index (κ1) is 19.5. The minimum absolute atomic E-state index is 0.0285. The molecule has 1 aromatic heterocycles. The van der Waals surface area contributed by atoms with Gasteiger partial charge in [-0.25, -0.2) is 12.7 Å². The van der Waals surface area contributed by atoms with Gasteiger partial charge in [0.1, 0.15) is 10.6 Å². The summed E-state index contributed by atoms with van der Waals surface area (Å²) in [7, 11) is 0.795. The van der Waals surface area contributed by atoms with Crippen molar-refractivity contribution in [1.29, 1.82) is 0 Å². The van der Waals surface area contributed by atoms with Crippen molar-refractivity contribution < 1.29 is 23.1 Å². The first-order chi connectivity index (χ1) is 11.6. The number of sulfonamides is 1. The minimum atomic E-state index is -3.64. The largest absolute Gasteiger partial charge is 0.481 e. The van der Waals surface area contributed by atoms with Crippen LogP contribution < -0.4 is 5.32 Å². The van der Waals surface area contributed by atoms with E-state index in [0.717, 1.165) is 23.6 Å². The number of aromatic nitrogens is 1. The van der Waals surface area contributed by atoms with Crippen LogP contribution in [-0.2, 0) is 21.9 Å². The van der Waals surface area contributed by atoms with Gasteiger partial charge in [-0.15, -0.1) is 0 Å². The van der Waals surface area contributed by atoms with Crippen molar-refractivity contribution in [3.8, 4) is 0 Å². The van der Waals surface area contributed by atoms with E-state index in [9.17, 15) is 23.1 Å². The minimum Gasteiger partial charge on any atom is -0.481 e. The van der Waals surface area contributed by atoms with Crippen LogP contribution in [-0.4, -0.2) is 54.4 Å². The monoisotopic (exact) mass is 371 g/mol. The van der Waals surface area contributed by atoms with Crippen LogP contribution in [0.1, 0.15) is 42.6 Å². The molecule has 1 aliphatic rings. The number of carboxylic acids is 1. The molecule has 0 radical (unpaired) electrons. The van der Waals surface area contributed by atoms with E-state index in [0.29, 0.717) is 12.8 Å². The number of carbonyl (C=O) groups excluding carboxylic acids is 1. The van der Waals surface area contributed by atoms with Gasteiger partial charge in [-0.1, -0.05) is 19.3 Å². The quantitative estimate of drug-likeness (QED) is 0.752. The molecule has 1 heterocycles. The van der Waals surface area contributed by atoms with Gasteiger partial charge < -0.3 is 15.0 Å². The van der Waals surface area contributed by atoms with Gasteiger partial charge in [-0.2, -0.15) is 0 Å². The molecule has 140 valence electrons. The van der Waals surface area contributed by atoms with Gasteiger partial charge in [0.2, 0.25) is 10.0 Å². The third-order valence-corrected chi connectivity index (χ3v) is 6.42. The average molecular weight is 371 g/mol. The standard InChI is InChI=1S/C16H25N3O5S/c1-18(2)25(23,24)11-9-14(19(3)10-11)15(20)17-13-8-6-4-5-7-12(13)16(21)22/h9-10,12-13H,4-8H2,1-3H3,(H,17,20)(H,21,22)/t12-,13+/m1/s1. The van der Waals surface area contributed by atoms with Gasteiger partial charge in [0.15, 0.2) is 0 Å². The van der Waals surface area contributed by atoms with Crippen molar-refractivity contribution in [3.05, 3.63) is 18.0 Å². The molecular weight excluding hydrogens is 346 g/mol. The van der Waals surface area contributed by atoms with Crippen molar-refractivity contribution in [2.75, 3.05) is 14.1 Å². The van der Waals surface area contributed by atoms with Crippen molar-refractivity contribution >= 4 is 21.9 Å². The third-order valence-electron chi connectivity index (χ3n) is 4.64. The van der Waals surface area contributed by atoms with E-state index < -0.39 is 33.9 Å². The zero-order valence-corrected chi connectivity index (χ0v) is 15.5. The SMILES string of the molecule is CN(C)S(=O)(=O)c1cc(C(=O)N[C@H]2CCCCC[C@H]2C(=O)O)n(C)c1. The zero-order valence-electron chi connectivity index (χ0n) is 14.7. The predicted molar refractivity (Wildman–Crippen MR) is 91.8 cm³/mol. The van der Waals surface area contributed by atoms with Crippen LogP contribution >= 0.6 is 0 Å². The summed E-state index contributed by atoms with van der Waals surface area (Å²) in [5.41, 5.74) is 0.189. The first-order valence-electron chi connectivity index (χ1n) is 8.27. The highest BCUT2D eigenvalue weighted by molar-refractivity contribution is 7.89. The maximum atomic E-state index is 12.6. The number of nitrogens with zero attached hydrogens (tertiary/aromatic N) is 2. The van der Waals surface area contributed by atoms with E-state index in [1.807, 2.05) is 0 Å². The molecule has 0 aromatic carbocycles. The smallest absolute Gasteiger partial charge is 0.308 e. The zero-order chi connectivity index (χ0) is 18.8. The molecule has 9 heteroatoms. The van der Waals surface area contributed by atoms with Gasteiger partial charge in [-0.3, -0.25) is 9.59 Å². The van der Waals surface area contributed by atoms with E-state index in [4.69, 9.17) is 0 Å². The molecule has 1 amide bonds. The van der Waals surface area contributed by atoms with Gasteiger partial charge >= 0.3 is 5.97 Å². The van der Waals surface area contributed by atoms with Crippen LogP contribution in [0.25, 0.3) is 0 Å². The fourth-order valence-electron chi connectivity index (χ4n) is 3.13. The van der Waals surface area contributed by atoms with E-state index in [2.05, 4.69) is 5.32 Å². The van der Waals surface area contributed by atoms with Crippen molar-refractivity contribution in [1.82, 2.24) is 14.2 Å². The molecule has 0 spiro atoms. The summed E-state index contributed by atoms with van der Waals surface area (Å²) in [6, 6.07) is 0.869. The van der Waals surface area contributed by atoms with Gasteiger partial charge in [-0.05, 0) is 18.9 Å². The van der Waals surface area contributed by atoms with Crippen LogP contribution in [0.15, 0.2) is 17.2 Å². The highest BCUT2D eigenvalue weighted by Gasteiger charge is 2.31. The number of rotatable bonds is 5. The molecule has 25 heavy (non-hydrogen) atoms. The second kappa shape index (κ2) is 7.57. The Morgan fingerprint density at radius 3 is 2.48 bits per heavy atom. The molecule has 0 saturated heterocycles. The second-order valence-corrected chi connectivity index (χ2v) is 8.77. The van der Waals surface area contributed by atoms with E-state index >= 15 is 0 Å². The lowest BCUT2D eigenvalue weighted by atomic mass is 9.95. The number of nitrogens with one attached hydrogen (secondary N) is 1. The number of hydrogen-bond acceptors (Lipinski definition) is 4.